The molecule has 0 bridgehead atoms. The number of carbonyl (C=O) groups is 1. The van der Waals surface area contributed by atoms with Gasteiger partial charge in [-0.2, -0.15) is 0 Å². The summed E-state index contributed by atoms with van der Waals surface area (Å²) >= 11 is 0. The Hall–Kier alpha value is -2.56. The molecule has 1 saturated carbocycles. The first-order valence-corrected chi connectivity index (χ1v) is 7.04. The number of ether oxygens (including phenoxy) is 2. The number of aliphatic carboxylic acids is 1. The molecule has 1 aliphatic carbocycles. The van der Waals surface area contributed by atoms with Crippen molar-refractivity contribution in [3.8, 4) is 22.6 Å². The van der Waals surface area contributed by atoms with Crippen LogP contribution in [0, 0.1) is 5.82 Å². The fraction of sp³-hybridized carbons (Fsp3) is 0.235. The largest absolute Gasteiger partial charge is 0.481 e. The molecule has 112 valence electrons. The first-order valence-electron chi connectivity index (χ1n) is 7.04. The molecule has 2 aromatic rings. The van der Waals surface area contributed by atoms with E-state index in [9.17, 15) is 14.3 Å². The quantitative estimate of drug-likeness (QED) is 0.944. The highest BCUT2D eigenvalue weighted by molar-refractivity contribution is 5.85. The molecular formula is C17H13FO4. The van der Waals surface area contributed by atoms with E-state index in [0.29, 0.717) is 35.5 Å². The van der Waals surface area contributed by atoms with Gasteiger partial charge in [-0.15, -0.1) is 0 Å². The highest BCUT2D eigenvalue weighted by Gasteiger charge is 2.51. The van der Waals surface area contributed by atoms with Crippen LogP contribution in [0.3, 0.4) is 0 Å². The Morgan fingerprint density at radius 3 is 2.45 bits per heavy atom. The standard InChI is InChI=1S/C17H13FO4/c18-12-5-6-13-15(22-9-21-13)14(12)10-1-3-11(4-2-10)17(7-8-17)16(19)20/h1-6H,7-9H2,(H,19,20). The number of carboxylic acids is 1. The fourth-order valence-electron chi connectivity index (χ4n) is 2.92. The molecule has 0 saturated heterocycles. The highest BCUT2D eigenvalue weighted by Crippen LogP contribution is 2.49. The first kappa shape index (κ1) is 13.1. The second kappa shape index (κ2) is 4.47. The molecule has 1 heterocycles. The van der Waals surface area contributed by atoms with E-state index in [1.54, 1.807) is 30.3 Å². The first-order chi connectivity index (χ1) is 10.6. The van der Waals surface area contributed by atoms with Crippen molar-refractivity contribution >= 4 is 5.97 Å². The van der Waals surface area contributed by atoms with Crippen molar-refractivity contribution in [2.24, 2.45) is 0 Å². The maximum atomic E-state index is 14.2. The topological polar surface area (TPSA) is 55.8 Å². The lowest BCUT2D eigenvalue weighted by atomic mass is 9.93. The molecule has 0 spiro atoms. The minimum absolute atomic E-state index is 0.0754. The van der Waals surface area contributed by atoms with Crippen molar-refractivity contribution in [1.82, 2.24) is 0 Å². The fourth-order valence-corrected chi connectivity index (χ4v) is 2.92. The summed E-state index contributed by atoms with van der Waals surface area (Å²) in [5.41, 5.74) is 0.996. The van der Waals surface area contributed by atoms with Crippen molar-refractivity contribution < 1.29 is 23.8 Å². The van der Waals surface area contributed by atoms with Crippen LogP contribution in [-0.4, -0.2) is 17.9 Å². The van der Waals surface area contributed by atoms with E-state index in [4.69, 9.17) is 9.47 Å². The van der Waals surface area contributed by atoms with Gasteiger partial charge < -0.3 is 14.6 Å². The summed E-state index contributed by atoms with van der Waals surface area (Å²) in [4.78, 5) is 11.3. The summed E-state index contributed by atoms with van der Waals surface area (Å²) < 4.78 is 24.8. The third-order valence-corrected chi connectivity index (χ3v) is 4.37. The number of halogens is 1. The molecule has 0 atom stereocenters. The smallest absolute Gasteiger partial charge is 0.314 e. The lowest BCUT2D eigenvalue weighted by Gasteiger charge is -2.12. The molecule has 1 fully saturated rings. The SMILES string of the molecule is O=C(O)C1(c2ccc(-c3c(F)ccc4c3OCO4)cc2)CC1. The van der Waals surface area contributed by atoms with Gasteiger partial charge in [-0.05, 0) is 36.1 Å². The van der Waals surface area contributed by atoms with E-state index in [-0.39, 0.29) is 6.79 Å². The van der Waals surface area contributed by atoms with Crippen LogP contribution in [0.5, 0.6) is 11.5 Å². The maximum Gasteiger partial charge on any atom is 0.314 e. The Bertz CT molecular complexity index is 763. The van der Waals surface area contributed by atoms with Gasteiger partial charge in [0, 0.05) is 0 Å². The molecule has 22 heavy (non-hydrogen) atoms. The van der Waals surface area contributed by atoms with Crippen LogP contribution in [0.2, 0.25) is 0 Å². The molecule has 5 heteroatoms. The van der Waals surface area contributed by atoms with Gasteiger partial charge in [-0.3, -0.25) is 4.79 Å². The molecule has 2 aliphatic rings. The average molecular weight is 300 g/mol. The van der Waals surface area contributed by atoms with E-state index >= 15 is 0 Å². The van der Waals surface area contributed by atoms with Gasteiger partial charge in [0.25, 0.3) is 0 Å². The zero-order chi connectivity index (χ0) is 15.3. The van der Waals surface area contributed by atoms with Gasteiger partial charge in [0.1, 0.15) is 5.82 Å². The second-order valence-corrected chi connectivity index (χ2v) is 5.62. The van der Waals surface area contributed by atoms with Crippen molar-refractivity contribution in [1.29, 1.82) is 0 Å². The normalized spacial score (nSPS) is 17.3. The summed E-state index contributed by atoms with van der Waals surface area (Å²) in [5.74, 6) is -0.281. The molecular weight excluding hydrogens is 287 g/mol. The molecule has 0 amide bonds. The van der Waals surface area contributed by atoms with Crippen LogP contribution in [0.1, 0.15) is 18.4 Å². The van der Waals surface area contributed by atoms with E-state index in [1.165, 1.54) is 6.07 Å². The Morgan fingerprint density at radius 1 is 1.09 bits per heavy atom. The predicted molar refractivity (Wildman–Crippen MR) is 76.5 cm³/mol. The molecule has 4 nitrogen and oxygen atoms in total. The number of hydrogen-bond donors (Lipinski definition) is 1. The summed E-state index contributed by atoms with van der Waals surface area (Å²) in [7, 11) is 0. The monoisotopic (exact) mass is 300 g/mol. The molecule has 0 aromatic heterocycles. The van der Waals surface area contributed by atoms with Gasteiger partial charge in [-0.25, -0.2) is 4.39 Å². The van der Waals surface area contributed by atoms with Gasteiger partial charge in [0.05, 0.1) is 11.0 Å². The number of benzene rings is 2. The van der Waals surface area contributed by atoms with Crippen molar-refractivity contribution in [2.75, 3.05) is 6.79 Å². The van der Waals surface area contributed by atoms with Gasteiger partial charge in [0.2, 0.25) is 6.79 Å². The zero-order valence-corrected chi connectivity index (χ0v) is 11.6. The van der Waals surface area contributed by atoms with Gasteiger partial charge in [0.15, 0.2) is 11.5 Å². The number of carboxylic acid groups (broad SMARTS) is 1. The predicted octanol–water partition coefficient (Wildman–Crippen LogP) is 3.34. The number of fused-ring (bicyclic) bond motifs is 1. The second-order valence-electron chi connectivity index (χ2n) is 5.62. The molecule has 2 aromatic carbocycles. The summed E-state index contributed by atoms with van der Waals surface area (Å²) in [6.07, 6.45) is 1.29. The Kier molecular flexibility index (Phi) is 2.66. The molecule has 4 rings (SSSR count). The van der Waals surface area contributed by atoms with E-state index < -0.39 is 17.2 Å². The summed E-state index contributed by atoms with van der Waals surface area (Å²) in [6.45, 7) is 0.0754. The number of hydrogen-bond acceptors (Lipinski definition) is 3. The minimum atomic E-state index is -0.802. The third kappa shape index (κ3) is 1.78. The maximum absolute atomic E-state index is 14.2. The zero-order valence-electron chi connectivity index (χ0n) is 11.6. The van der Waals surface area contributed by atoms with Crippen LogP contribution in [0.4, 0.5) is 4.39 Å². The van der Waals surface area contributed by atoms with Crippen molar-refractivity contribution in [3.05, 3.63) is 47.8 Å². The van der Waals surface area contributed by atoms with Crippen LogP contribution in [0.15, 0.2) is 36.4 Å². The van der Waals surface area contributed by atoms with Gasteiger partial charge >= 0.3 is 5.97 Å². The summed E-state index contributed by atoms with van der Waals surface area (Å²) in [5, 5.41) is 9.32. The Morgan fingerprint density at radius 2 is 1.82 bits per heavy atom. The molecule has 1 aliphatic heterocycles. The van der Waals surface area contributed by atoms with E-state index in [1.807, 2.05) is 0 Å². The van der Waals surface area contributed by atoms with Gasteiger partial charge in [-0.1, -0.05) is 24.3 Å². The third-order valence-electron chi connectivity index (χ3n) is 4.37. The van der Waals surface area contributed by atoms with E-state index in [2.05, 4.69) is 0 Å². The highest BCUT2D eigenvalue weighted by atomic mass is 19.1. The van der Waals surface area contributed by atoms with Crippen molar-refractivity contribution in [3.63, 3.8) is 0 Å². The van der Waals surface area contributed by atoms with E-state index in [0.717, 1.165) is 5.56 Å². The summed E-state index contributed by atoms with van der Waals surface area (Å²) in [6, 6.07) is 9.86. The Balaban J connectivity index is 1.76. The lowest BCUT2D eigenvalue weighted by molar-refractivity contribution is -0.140. The van der Waals surface area contributed by atoms with Crippen LogP contribution >= 0.6 is 0 Å². The average Bonchev–Trinajstić information content (AvgIpc) is 3.20. The van der Waals surface area contributed by atoms with Crippen molar-refractivity contribution in [2.45, 2.75) is 18.3 Å². The molecule has 0 radical (unpaired) electrons. The minimum Gasteiger partial charge on any atom is -0.481 e. The Labute approximate surface area is 126 Å². The van der Waals surface area contributed by atoms with Crippen LogP contribution in [0.25, 0.3) is 11.1 Å². The molecule has 1 N–H and O–H groups in total. The molecule has 0 unspecified atom stereocenters. The van der Waals surface area contributed by atoms with Crippen LogP contribution < -0.4 is 9.47 Å². The lowest BCUT2D eigenvalue weighted by Crippen LogP contribution is -2.19. The van der Waals surface area contributed by atoms with Crippen LogP contribution in [-0.2, 0) is 10.2 Å². The number of rotatable bonds is 3.